The van der Waals surface area contributed by atoms with E-state index in [9.17, 15) is 5.11 Å². The van der Waals surface area contributed by atoms with Gasteiger partial charge in [-0.05, 0) is 25.0 Å². The highest BCUT2D eigenvalue weighted by molar-refractivity contribution is 8.01. The summed E-state index contributed by atoms with van der Waals surface area (Å²) >= 11 is 3.49. The Bertz CT molecular complexity index is 478. The Labute approximate surface area is 109 Å². The van der Waals surface area contributed by atoms with E-state index in [-0.39, 0.29) is 6.10 Å². The fraction of sp³-hybridized carbons (Fsp3) is 0.462. The molecular weight excluding hydrogens is 250 g/mol. The van der Waals surface area contributed by atoms with Gasteiger partial charge in [-0.15, -0.1) is 11.3 Å². The first-order valence-corrected chi connectivity index (χ1v) is 7.73. The van der Waals surface area contributed by atoms with Gasteiger partial charge in [0.1, 0.15) is 0 Å². The van der Waals surface area contributed by atoms with E-state index in [0.29, 0.717) is 5.25 Å². The van der Waals surface area contributed by atoms with Crippen LogP contribution in [0.1, 0.15) is 25.7 Å². The van der Waals surface area contributed by atoms with Gasteiger partial charge in [0.25, 0.3) is 0 Å². The predicted molar refractivity (Wildman–Crippen MR) is 73.7 cm³/mol. The number of hydrogen-bond donors (Lipinski definition) is 1. The van der Waals surface area contributed by atoms with Crippen molar-refractivity contribution in [3.05, 3.63) is 24.3 Å². The number of rotatable bonds is 2. The van der Waals surface area contributed by atoms with Crippen LogP contribution in [0.2, 0.25) is 0 Å². The maximum atomic E-state index is 9.96. The van der Waals surface area contributed by atoms with Gasteiger partial charge in [0, 0.05) is 5.25 Å². The molecule has 1 aliphatic carbocycles. The van der Waals surface area contributed by atoms with Gasteiger partial charge in [-0.25, -0.2) is 4.98 Å². The minimum absolute atomic E-state index is 0.152. The number of thioether (sulfide) groups is 1. The molecule has 0 bridgehead atoms. The molecule has 0 aliphatic heterocycles. The van der Waals surface area contributed by atoms with Gasteiger partial charge in [0.05, 0.1) is 16.3 Å². The Morgan fingerprint density at radius 3 is 2.88 bits per heavy atom. The minimum Gasteiger partial charge on any atom is -0.392 e. The summed E-state index contributed by atoms with van der Waals surface area (Å²) < 4.78 is 2.33. The standard InChI is InChI=1S/C13H15NOS2/c15-10-6-2-4-8-12(10)17-13-14-9-5-1-3-7-11(9)16-13/h1,3,5,7,10,12,15H,2,4,6,8H2/t10-,12+/m0/s1. The zero-order valence-corrected chi connectivity index (χ0v) is 11.1. The average Bonchev–Trinajstić information content (AvgIpc) is 2.74. The largest absolute Gasteiger partial charge is 0.392 e. The number of benzene rings is 1. The third-order valence-electron chi connectivity index (χ3n) is 3.19. The molecule has 4 heteroatoms. The molecule has 17 heavy (non-hydrogen) atoms. The van der Waals surface area contributed by atoms with Gasteiger partial charge in [-0.3, -0.25) is 0 Å². The smallest absolute Gasteiger partial charge is 0.151 e. The molecule has 2 atom stereocenters. The summed E-state index contributed by atoms with van der Waals surface area (Å²) in [7, 11) is 0. The van der Waals surface area contributed by atoms with Crippen LogP contribution < -0.4 is 0 Å². The maximum Gasteiger partial charge on any atom is 0.151 e. The molecule has 1 aromatic carbocycles. The fourth-order valence-electron chi connectivity index (χ4n) is 2.25. The minimum atomic E-state index is -0.152. The van der Waals surface area contributed by atoms with Crippen molar-refractivity contribution in [2.75, 3.05) is 0 Å². The van der Waals surface area contributed by atoms with E-state index < -0.39 is 0 Å². The van der Waals surface area contributed by atoms with Gasteiger partial charge in [0.15, 0.2) is 4.34 Å². The normalized spacial score (nSPS) is 25.2. The van der Waals surface area contributed by atoms with Gasteiger partial charge in [-0.1, -0.05) is 36.7 Å². The Kier molecular flexibility index (Phi) is 3.36. The van der Waals surface area contributed by atoms with Gasteiger partial charge in [0.2, 0.25) is 0 Å². The van der Waals surface area contributed by atoms with Crippen LogP contribution in [-0.2, 0) is 0 Å². The third kappa shape index (κ3) is 2.49. The van der Waals surface area contributed by atoms with Gasteiger partial charge in [-0.2, -0.15) is 0 Å². The van der Waals surface area contributed by atoms with Crippen LogP contribution in [0.5, 0.6) is 0 Å². The van der Waals surface area contributed by atoms with Crippen LogP contribution in [0.4, 0.5) is 0 Å². The van der Waals surface area contributed by atoms with Crippen LogP contribution in [0, 0.1) is 0 Å². The van der Waals surface area contributed by atoms with Crippen LogP contribution >= 0.6 is 23.1 Å². The van der Waals surface area contributed by atoms with Crippen molar-refractivity contribution in [3.8, 4) is 0 Å². The average molecular weight is 265 g/mol. The second-order valence-electron chi connectivity index (χ2n) is 4.46. The lowest BCUT2D eigenvalue weighted by Gasteiger charge is -2.25. The third-order valence-corrected chi connectivity index (χ3v) is 5.71. The highest BCUT2D eigenvalue weighted by atomic mass is 32.2. The summed E-state index contributed by atoms with van der Waals surface area (Å²) in [6, 6.07) is 8.22. The van der Waals surface area contributed by atoms with Crippen molar-refractivity contribution in [2.24, 2.45) is 0 Å². The van der Waals surface area contributed by atoms with Crippen molar-refractivity contribution in [1.82, 2.24) is 4.98 Å². The van der Waals surface area contributed by atoms with Crippen molar-refractivity contribution >= 4 is 33.3 Å². The lowest BCUT2D eigenvalue weighted by molar-refractivity contribution is 0.137. The SMILES string of the molecule is O[C@H]1CCCC[C@H]1Sc1nc2ccccc2s1. The van der Waals surface area contributed by atoms with Crippen molar-refractivity contribution in [1.29, 1.82) is 0 Å². The molecule has 1 saturated carbocycles. The second-order valence-corrected chi connectivity index (χ2v) is 6.97. The molecule has 0 radical (unpaired) electrons. The summed E-state index contributed by atoms with van der Waals surface area (Å²) in [5, 5.41) is 10.3. The molecule has 1 heterocycles. The van der Waals surface area contributed by atoms with E-state index in [2.05, 4.69) is 11.1 Å². The van der Waals surface area contributed by atoms with E-state index in [1.807, 2.05) is 18.2 Å². The Hall–Kier alpha value is -0.580. The van der Waals surface area contributed by atoms with Crippen molar-refractivity contribution in [3.63, 3.8) is 0 Å². The van der Waals surface area contributed by atoms with Crippen molar-refractivity contribution in [2.45, 2.75) is 41.4 Å². The van der Waals surface area contributed by atoms with Crippen LogP contribution in [0.15, 0.2) is 28.6 Å². The molecule has 2 aromatic rings. The summed E-state index contributed by atoms with van der Waals surface area (Å²) in [6.45, 7) is 0. The van der Waals surface area contributed by atoms with Crippen LogP contribution in [0.25, 0.3) is 10.2 Å². The number of para-hydroxylation sites is 1. The lowest BCUT2D eigenvalue weighted by atomic mass is 9.97. The van der Waals surface area contributed by atoms with E-state index in [4.69, 9.17) is 0 Å². The summed E-state index contributed by atoms with van der Waals surface area (Å²) in [4.78, 5) is 4.61. The Morgan fingerprint density at radius 2 is 2.06 bits per heavy atom. The summed E-state index contributed by atoms with van der Waals surface area (Å²) in [6.07, 6.45) is 4.31. The molecule has 90 valence electrons. The van der Waals surface area contributed by atoms with Crippen LogP contribution in [0.3, 0.4) is 0 Å². The van der Waals surface area contributed by atoms with E-state index in [1.165, 1.54) is 11.1 Å². The molecule has 0 spiro atoms. The second kappa shape index (κ2) is 4.96. The van der Waals surface area contributed by atoms with Gasteiger partial charge >= 0.3 is 0 Å². The predicted octanol–water partition coefficient (Wildman–Crippen LogP) is 3.69. The highest BCUT2D eigenvalue weighted by Gasteiger charge is 2.25. The summed E-state index contributed by atoms with van der Waals surface area (Å²) in [5.74, 6) is 0. The summed E-state index contributed by atoms with van der Waals surface area (Å²) in [5.41, 5.74) is 1.07. The molecule has 1 fully saturated rings. The quantitative estimate of drug-likeness (QED) is 0.899. The molecule has 1 N–H and O–H groups in total. The number of fused-ring (bicyclic) bond motifs is 1. The molecular formula is C13H15NOS2. The molecule has 2 nitrogen and oxygen atoms in total. The number of nitrogens with zero attached hydrogens (tertiary/aromatic N) is 1. The first kappa shape index (κ1) is 11.5. The number of aromatic nitrogens is 1. The van der Waals surface area contributed by atoms with E-state index in [0.717, 1.165) is 29.1 Å². The van der Waals surface area contributed by atoms with Crippen LogP contribution in [-0.4, -0.2) is 21.4 Å². The first-order chi connectivity index (χ1) is 8.33. The molecule has 0 amide bonds. The topological polar surface area (TPSA) is 33.1 Å². The number of hydrogen-bond acceptors (Lipinski definition) is 4. The lowest BCUT2D eigenvalue weighted by Crippen LogP contribution is -2.26. The maximum absolute atomic E-state index is 9.96. The zero-order valence-electron chi connectivity index (χ0n) is 9.50. The van der Waals surface area contributed by atoms with Gasteiger partial charge < -0.3 is 5.11 Å². The Morgan fingerprint density at radius 1 is 1.24 bits per heavy atom. The number of aliphatic hydroxyl groups excluding tert-OH is 1. The number of aliphatic hydroxyl groups is 1. The van der Waals surface area contributed by atoms with E-state index in [1.54, 1.807) is 23.1 Å². The highest BCUT2D eigenvalue weighted by Crippen LogP contribution is 2.37. The molecule has 0 saturated heterocycles. The first-order valence-electron chi connectivity index (χ1n) is 6.03. The number of thiazole rings is 1. The molecule has 0 unspecified atom stereocenters. The monoisotopic (exact) mass is 265 g/mol. The van der Waals surface area contributed by atoms with Crippen molar-refractivity contribution < 1.29 is 5.11 Å². The molecule has 1 aliphatic rings. The van der Waals surface area contributed by atoms with E-state index >= 15 is 0 Å². The fourth-order valence-corrected chi connectivity index (χ4v) is 4.76. The zero-order chi connectivity index (χ0) is 11.7. The molecule has 1 aromatic heterocycles. The Balaban J connectivity index is 1.79. The molecule has 3 rings (SSSR count).